The van der Waals surface area contributed by atoms with Crippen LogP contribution in [0.1, 0.15) is 17.6 Å². The van der Waals surface area contributed by atoms with E-state index in [0.29, 0.717) is 5.69 Å². The number of aromatic nitrogens is 1. The van der Waals surface area contributed by atoms with Gasteiger partial charge in [-0.1, -0.05) is 0 Å². The van der Waals surface area contributed by atoms with E-state index >= 15 is 0 Å². The number of piperazine rings is 1. The van der Waals surface area contributed by atoms with Gasteiger partial charge in [0, 0.05) is 5.38 Å². The summed E-state index contributed by atoms with van der Waals surface area (Å²) in [5.74, 6) is -1.13. The third-order valence-corrected chi connectivity index (χ3v) is 3.57. The smallest absolute Gasteiger partial charge is 0.249 e. The molecular formula is C11H13N3O3S. The Bertz CT molecular complexity index is 511. The monoisotopic (exact) mass is 267 g/mol. The van der Waals surface area contributed by atoms with Crippen molar-refractivity contribution in [1.29, 1.82) is 0 Å². The molecule has 1 aromatic heterocycles. The first-order valence-electron chi connectivity index (χ1n) is 5.51. The summed E-state index contributed by atoms with van der Waals surface area (Å²) in [6.45, 7) is 3.39. The van der Waals surface area contributed by atoms with Crippen LogP contribution in [0.25, 0.3) is 0 Å². The molecule has 0 spiro atoms. The second-order valence-corrected chi connectivity index (χ2v) is 5.21. The number of imide groups is 1. The van der Waals surface area contributed by atoms with Gasteiger partial charge in [-0.05, 0) is 13.8 Å². The molecule has 0 saturated carbocycles. The fraction of sp³-hybridized carbons (Fsp3) is 0.455. The number of nitrogens with zero attached hydrogens (tertiary/aromatic N) is 2. The summed E-state index contributed by atoms with van der Waals surface area (Å²) in [6, 6.07) is -0.616. The van der Waals surface area contributed by atoms with Crippen LogP contribution in [0.3, 0.4) is 0 Å². The van der Waals surface area contributed by atoms with Crippen molar-refractivity contribution >= 4 is 29.1 Å². The fourth-order valence-electron chi connectivity index (χ4n) is 1.76. The second-order valence-electron chi connectivity index (χ2n) is 4.14. The van der Waals surface area contributed by atoms with Gasteiger partial charge in [-0.25, -0.2) is 4.98 Å². The molecule has 0 radical (unpaired) electrons. The Balaban J connectivity index is 2.08. The first-order valence-corrected chi connectivity index (χ1v) is 6.39. The predicted molar refractivity (Wildman–Crippen MR) is 64.9 cm³/mol. The number of carbonyl (C=O) groups excluding carboxylic acids is 3. The van der Waals surface area contributed by atoms with Gasteiger partial charge in [0.2, 0.25) is 17.7 Å². The number of thiazole rings is 1. The molecule has 1 aliphatic heterocycles. The van der Waals surface area contributed by atoms with Crippen molar-refractivity contribution in [2.75, 3.05) is 6.54 Å². The van der Waals surface area contributed by atoms with Crippen molar-refractivity contribution in [2.45, 2.75) is 26.3 Å². The molecule has 7 heteroatoms. The topological polar surface area (TPSA) is 79.4 Å². The lowest BCUT2D eigenvalue weighted by Crippen LogP contribution is -2.58. The van der Waals surface area contributed by atoms with Crippen LogP contribution in [0, 0.1) is 6.92 Å². The standard InChI is InChI=1S/C11H13N3O3S/c1-6-11(17)13-9(15)4-14(6)10(16)3-8-5-18-7(2)12-8/h5-6H,3-4H2,1-2H3,(H,13,15,17). The zero-order chi connectivity index (χ0) is 13.3. The molecule has 1 N–H and O–H groups in total. The number of rotatable bonds is 2. The highest BCUT2D eigenvalue weighted by atomic mass is 32.1. The number of carbonyl (C=O) groups is 3. The van der Waals surface area contributed by atoms with E-state index in [1.807, 2.05) is 12.3 Å². The Morgan fingerprint density at radius 3 is 2.94 bits per heavy atom. The lowest BCUT2D eigenvalue weighted by atomic mass is 10.1. The fourth-order valence-corrected chi connectivity index (χ4v) is 2.38. The van der Waals surface area contributed by atoms with E-state index in [9.17, 15) is 14.4 Å². The normalized spacial score (nSPS) is 19.9. The van der Waals surface area contributed by atoms with Crippen molar-refractivity contribution in [2.24, 2.45) is 0 Å². The maximum Gasteiger partial charge on any atom is 0.249 e. The van der Waals surface area contributed by atoms with E-state index in [1.54, 1.807) is 6.92 Å². The molecule has 1 unspecified atom stereocenters. The molecule has 3 amide bonds. The van der Waals surface area contributed by atoms with Gasteiger partial charge in [0.1, 0.15) is 12.6 Å². The third-order valence-electron chi connectivity index (χ3n) is 2.74. The highest BCUT2D eigenvalue weighted by Gasteiger charge is 2.33. The molecule has 96 valence electrons. The zero-order valence-electron chi connectivity index (χ0n) is 10.1. The SMILES string of the molecule is Cc1nc(CC(=O)N2CC(=O)NC(=O)C2C)cs1. The molecule has 1 aromatic rings. The molecule has 0 aliphatic carbocycles. The van der Waals surface area contributed by atoms with Crippen molar-refractivity contribution < 1.29 is 14.4 Å². The molecule has 18 heavy (non-hydrogen) atoms. The minimum atomic E-state index is -0.616. The molecule has 1 saturated heterocycles. The van der Waals surface area contributed by atoms with Crippen LogP contribution < -0.4 is 5.32 Å². The second kappa shape index (κ2) is 4.85. The molecule has 0 bridgehead atoms. The maximum absolute atomic E-state index is 12.0. The van der Waals surface area contributed by atoms with Crippen LogP contribution in [0.2, 0.25) is 0 Å². The molecule has 1 atom stereocenters. The molecular weight excluding hydrogens is 254 g/mol. The summed E-state index contributed by atoms with van der Waals surface area (Å²) >= 11 is 1.47. The maximum atomic E-state index is 12.0. The average Bonchev–Trinajstić information content (AvgIpc) is 2.69. The van der Waals surface area contributed by atoms with E-state index < -0.39 is 17.9 Å². The van der Waals surface area contributed by atoms with Gasteiger partial charge in [0.25, 0.3) is 0 Å². The van der Waals surface area contributed by atoms with Gasteiger partial charge in [0.05, 0.1) is 17.1 Å². The van der Waals surface area contributed by atoms with E-state index in [4.69, 9.17) is 0 Å². The summed E-state index contributed by atoms with van der Waals surface area (Å²) in [5, 5.41) is 4.89. The lowest BCUT2D eigenvalue weighted by Gasteiger charge is -2.31. The summed E-state index contributed by atoms with van der Waals surface area (Å²) in [5.41, 5.74) is 0.674. The van der Waals surface area contributed by atoms with Crippen molar-refractivity contribution in [3.63, 3.8) is 0 Å². The first-order chi connectivity index (χ1) is 8.47. The first kappa shape index (κ1) is 12.7. The molecule has 2 heterocycles. The van der Waals surface area contributed by atoms with Crippen LogP contribution >= 0.6 is 11.3 Å². The minimum Gasteiger partial charge on any atom is -0.321 e. The minimum absolute atomic E-state index is 0.0745. The number of hydrogen-bond acceptors (Lipinski definition) is 5. The highest BCUT2D eigenvalue weighted by molar-refractivity contribution is 7.09. The summed E-state index contributed by atoms with van der Waals surface area (Å²) in [7, 11) is 0. The molecule has 1 aliphatic rings. The van der Waals surface area contributed by atoms with E-state index in [-0.39, 0.29) is 18.9 Å². The van der Waals surface area contributed by atoms with Crippen LogP contribution in [0.4, 0.5) is 0 Å². The quantitative estimate of drug-likeness (QED) is 0.757. The van der Waals surface area contributed by atoms with Gasteiger partial charge in [-0.2, -0.15) is 0 Å². The van der Waals surface area contributed by atoms with E-state index in [2.05, 4.69) is 10.3 Å². The van der Waals surface area contributed by atoms with Crippen LogP contribution in [0.15, 0.2) is 5.38 Å². The molecule has 2 rings (SSSR count). The summed E-state index contributed by atoms with van der Waals surface area (Å²) < 4.78 is 0. The average molecular weight is 267 g/mol. The van der Waals surface area contributed by atoms with Crippen LogP contribution in [-0.2, 0) is 20.8 Å². The summed E-state index contributed by atoms with van der Waals surface area (Å²) in [6.07, 6.45) is 0.120. The van der Waals surface area contributed by atoms with Crippen molar-refractivity contribution in [1.82, 2.24) is 15.2 Å². The van der Waals surface area contributed by atoms with E-state index in [1.165, 1.54) is 16.2 Å². The number of hydrogen-bond donors (Lipinski definition) is 1. The van der Waals surface area contributed by atoms with Crippen molar-refractivity contribution in [3.05, 3.63) is 16.1 Å². The Morgan fingerprint density at radius 2 is 2.33 bits per heavy atom. The molecule has 0 aromatic carbocycles. The van der Waals surface area contributed by atoms with E-state index in [0.717, 1.165) is 5.01 Å². The van der Waals surface area contributed by atoms with Gasteiger partial charge in [-0.3, -0.25) is 19.7 Å². The predicted octanol–water partition coefficient (Wildman–Crippen LogP) is -0.132. The van der Waals surface area contributed by atoms with Gasteiger partial charge < -0.3 is 4.90 Å². The largest absolute Gasteiger partial charge is 0.321 e. The number of amides is 3. The molecule has 6 nitrogen and oxygen atoms in total. The van der Waals surface area contributed by atoms with Gasteiger partial charge in [-0.15, -0.1) is 11.3 Å². The van der Waals surface area contributed by atoms with Gasteiger partial charge in [0.15, 0.2) is 0 Å². The number of aryl methyl sites for hydroxylation is 1. The highest BCUT2D eigenvalue weighted by Crippen LogP contribution is 2.12. The van der Waals surface area contributed by atoms with Gasteiger partial charge >= 0.3 is 0 Å². The Kier molecular flexibility index (Phi) is 3.42. The lowest BCUT2D eigenvalue weighted by molar-refractivity contribution is -0.149. The Hall–Kier alpha value is -1.76. The van der Waals surface area contributed by atoms with Crippen LogP contribution in [-0.4, -0.2) is 40.2 Å². The Morgan fingerprint density at radius 1 is 1.61 bits per heavy atom. The Labute approximate surface area is 108 Å². The van der Waals surface area contributed by atoms with Crippen molar-refractivity contribution in [3.8, 4) is 0 Å². The third kappa shape index (κ3) is 2.56. The molecule has 1 fully saturated rings. The zero-order valence-corrected chi connectivity index (χ0v) is 10.9. The summed E-state index contributed by atoms with van der Waals surface area (Å²) in [4.78, 5) is 40.2. The number of nitrogens with one attached hydrogen (secondary N) is 1. The van der Waals surface area contributed by atoms with Crippen LogP contribution in [0.5, 0.6) is 0 Å².